The van der Waals surface area contributed by atoms with E-state index in [2.05, 4.69) is 26.0 Å². The summed E-state index contributed by atoms with van der Waals surface area (Å²) in [6, 6.07) is 6.77. The summed E-state index contributed by atoms with van der Waals surface area (Å²) in [6.45, 7) is 7.64. The summed E-state index contributed by atoms with van der Waals surface area (Å²) in [5.41, 5.74) is 2.18. The number of hydrogen-bond donors (Lipinski definition) is 0. The molecule has 0 aliphatic carbocycles. The Kier molecular flexibility index (Phi) is 6.55. The molecule has 0 saturated heterocycles. The fourth-order valence-corrected chi connectivity index (χ4v) is 3.55. The second kappa shape index (κ2) is 8.95. The van der Waals surface area contributed by atoms with Gasteiger partial charge in [0.1, 0.15) is 5.75 Å². The number of ether oxygens (including phenoxy) is 2. The van der Waals surface area contributed by atoms with Crippen molar-refractivity contribution < 1.29 is 19.1 Å². The Balaban J connectivity index is 1.86. The Morgan fingerprint density at radius 1 is 1.17 bits per heavy atom. The quantitative estimate of drug-likeness (QED) is 0.356. The summed E-state index contributed by atoms with van der Waals surface area (Å²) in [5.74, 6) is -0.145. The van der Waals surface area contributed by atoms with Crippen molar-refractivity contribution in [2.24, 2.45) is 0 Å². The van der Waals surface area contributed by atoms with E-state index in [1.807, 2.05) is 27.7 Å². The van der Waals surface area contributed by atoms with Gasteiger partial charge in [0, 0.05) is 17.3 Å². The number of hydrogen-bond acceptors (Lipinski definition) is 6. The zero-order valence-electron chi connectivity index (χ0n) is 17.6. The van der Waals surface area contributed by atoms with Crippen molar-refractivity contribution in [3.63, 3.8) is 0 Å². The number of benzene rings is 1. The van der Waals surface area contributed by atoms with Crippen molar-refractivity contribution in [1.82, 2.24) is 14.8 Å². The minimum Gasteiger partial charge on any atom is -0.496 e. The highest BCUT2D eigenvalue weighted by Crippen LogP contribution is 2.27. The topological polar surface area (TPSA) is 83.3 Å². The minimum atomic E-state index is -0.575. The molecule has 3 rings (SSSR count). The van der Waals surface area contributed by atoms with Gasteiger partial charge in [-0.25, -0.2) is 14.5 Å². The van der Waals surface area contributed by atoms with Gasteiger partial charge in [0.25, 0.3) is 0 Å². The average molecular weight is 474 g/mol. The summed E-state index contributed by atoms with van der Waals surface area (Å²) >= 11 is 3.35. The number of aromatic nitrogens is 3. The van der Waals surface area contributed by atoms with Gasteiger partial charge in [-0.15, -0.1) is 0 Å². The highest BCUT2D eigenvalue weighted by molar-refractivity contribution is 9.10. The van der Waals surface area contributed by atoms with Crippen LogP contribution in [0.5, 0.6) is 5.75 Å². The number of nitrogens with zero attached hydrogens (tertiary/aromatic N) is 3. The number of carbonyl (C=O) groups excluding carboxylic acids is 2. The molecule has 3 aromatic rings. The Labute approximate surface area is 183 Å². The van der Waals surface area contributed by atoms with Gasteiger partial charge in [0.05, 0.1) is 28.7 Å². The van der Waals surface area contributed by atoms with E-state index >= 15 is 0 Å². The van der Waals surface area contributed by atoms with Crippen LogP contribution in [0.4, 0.5) is 0 Å². The van der Waals surface area contributed by atoms with Crippen LogP contribution in [-0.2, 0) is 4.74 Å². The molecule has 0 fully saturated rings. The van der Waals surface area contributed by atoms with Crippen molar-refractivity contribution in [3.8, 4) is 5.75 Å². The van der Waals surface area contributed by atoms with Crippen LogP contribution in [0.2, 0.25) is 0 Å². The molecular weight excluding hydrogens is 450 g/mol. The van der Waals surface area contributed by atoms with E-state index in [1.165, 1.54) is 0 Å². The highest BCUT2D eigenvalue weighted by Gasteiger charge is 2.21. The maximum Gasteiger partial charge on any atom is 0.339 e. The Hall–Kier alpha value is -2.74. The predicted octanol–water partition coefficient (Wildman–Crippen LogP) is 4.95. The van der Waals surface area contributed by atoms with Crippen LogP contribution in [0.3, 0.4) is 0 Å². The van der Waals surface area contributed by atoms with Gasteiger partial charge in [0.2, 0.25) is 0 Å². The monoisotopic (exact) mass is 473 g/mol. The SMILES string of the molecule is COc1ccc(C(=O)COC(=O)c2cc(C(C)C)nc3c2cnn3C(C)C)cc1Br. The summed E-state index contributed by atoms with van der Waals surface area (Å²) in [5, 5.41) is 4.98. The lowest BCUT2D eigenvalue weighted by molar-refractivity contribution is 0.0476. The number of Topliss-reactive ketones (excluding diaryl/α,β-unsaturated/α-hetero) is 1. The molecule has 0 saturated carbocycles. The van der Waals surface area contributed by atoms with E-state index in [0.717, 1.165) is 5.69 Å². The van der Waals surface area contributed by atoms with Gasteiger partial charge in [-0.1, -0.05) is 13.8 Å². The molecule has 0 bridgehead atoms. The van der Waals surface area contributed by atoms with Crippen molar-refractivity contribution in [3.05, 3.63) is 51.8 Å². The number of halogens is 1. The molecule has 8 heteroatoms. The van der Waals surface area contributed by atoms with Crippen molar-refractivity contribution in [2.45, 2.75) is 39.7 Å². The number of fused-ring (bicyclic) bond motifs is 1. The standard InChI is InChI=1S/C22H24BrN3O4/c1-12(2)18-9-15(16-10-24-26(13(3)4)21(16)25-18)22(28)30-11-19(27)14-6-7-20(29-5)17(23)8-14/h6-10,12-13H,11H2,1-5H3. The van der Waals surface area contributed by atoms with Crippen molar-refractivity contribution >= 4 is 38.7 Å². The molecule has 158 valence electrons. The molecule has 7 nitrogen and oxygen atoms in total. The first-order valence-electron chi connectivity index (χ1n) is 9.65. The molecule has 0 spiro atoms. The largest absolute Gasteiger partial charge is 0.496 e. The second-order valence-electron chi connectivity index (χ2n) is 7.52. The Bertz CT molecular complexity index is 1110. The number of methoxy groups -OCH3 is 1. The lowest BCUT2D eigenvalue weighted by Crippen LogP contribution is -2.15. The smallest absolute Gasteiger partial charge is 0.339 e. The number of esters is 1. The molecule has 0 aliphatic rings. The molecule has 0 atom stereocenters. The van der Waals surface area contributed by atoms with Crippen LogP contribution >= 0.6 is 15.9 Å². The van der Waals surface area contributed by atoms with Crippen LogP contribution in [0.25, 0.3) is 11.0 Å². The van der Waals surface area contributed by atoms with Gasteiger partial charge in [0.15, 0.2) is 18.0 Å². The summed E-state index contributed by atoms with van der Waals surface area (Å²) in [7, 11) is 1.55. The van der Waals surface area contributed by atoms with E-state index in [1.54, 1.807) is 42.3 Å². The lowest BCUT2D eigenvalue weighted by atomic mass is 10.1. The molecule has 30 heavy (non-hydrogen) atoms. The first-order valence-corrected chi connectivity index (χ1v) is 10.4. The molecule has 1 aromatic carbocycles. The molecule has 0 radical (unpaired) electrons. The fraction of sp³-hybridized carbons (Fsp3) is 0.364. The Morgan fingerprint density at radius 3 is 2.50 bits per heavy atom. The van der Waals surface area contributed by atoms with Crippen molar-refractivity contribution in [1.29, 1.82) is 0 Å². The van der Waals surface area contributed by atoms with Gasteiger partial charge in [-0.05, 0) is 60.0 Å². The molecule has 2 heterocycles. The molecule has 0 unspecified atom stereocenters. The van der Waals surface area contributed by atoms with Gasteiger partial charge < -0.3 is 9.47 Å². The lowest BCUT2D eigenvalue weighted by Gasteiger charge is -2.12. The number of pyridine rings is 1. The maximum absolute atomic E-state index is 12.8. The van der Waals surface area contributed by atoms with E-state index in [0.29, 0.717) is 32.4 Å². The van der Waals surface area contributed by atoms with E-state index in [4.69, 9.17) is 9.47 Å². The van der Waals surface area contributed by atoms with Gasteiger partial charge in [-0.3, -0.25) is 4.79 Å². The highest BCUT2D eigenvalue weighted by atomic mass is 79.9. The van der Waals surface area contributed by atoms with Crippen LogP contribution in [0.1, 0.15) is 66.1 Å². The molecule has 0 amide bonds. The zero-order chi connectivity index (χ0) is 22.0. The second-order valence-corrected chi connectivity index (χ2v) is 8.37. The average Bonchev–Trinajstić information content (AvgIpc) is 3.15. The summed E-state index contributed by atoms with van der Waals surface area (Å²) in [4.78, 5) is 30.0. The van der Waals surface area contributed by atoms with Crippen LogP contribution < -0.4 is 4.74 Å². The maximum atomic E-state index is 12.8. The first kappa shape index (κ1) is 22.0. The summed E-state index contributed by atoms with van der Waals surface area (Å²) in [6.07, 6.45) is 1.62. The van der Waals surface area contributed by atoms with Crippen LogP contribution in [0, 0.1) is 0 Å². The number of rotatable bonds is 7. The third-order valence-corrected chi connectivity index (χ3v) is 5.31. The van der Waals surface area contributed by atoms with Crippen LogP contribution in [-0.4, -0.2) is 40.2 Å². The Morgan fingerprint density at radius 2 is 1.90 bits per heavy atom. The molecule has 2 aromatic heterocycles. The fourth-order valence-electron chi connectivity index (χ4n) is 3.01. The molecular formula is C22H24BrN3O4. The zero-order valence-corrected chi connectivity index (χ0v) is 19.2. The van der Waals surface area contributed by atoms with Crippen LogP contribution in [0.15, 0.2) is 34.9 Å². The van der Waals surface area contributed by atoms with Gasteiger partial charge >= 0.3 is 5.97 Å². The normalized spacial score (nSPS) is 11.3. The molecule has 0 N–H and O–H groups in total. The molecule has 0 aliphatic heterocycles. The summed E-state index contributed by atoms with van der Waals surface area (Å²) < 4.78 is 13.0. The van der Waals surface area contributed by atoms with Crippen molar-refractivity contribution in [2.75, 3.05) is 13.7 Å². The first-order chi connectivity index (χ1) is 14.2. The third-order valence-electron chi connectivity index (χ3n) is 4.70. The van der Waals surface area contributed by atoms with E-state index in [-0.39, 0.29) is 24.3 Å². The van der Waals surface area contributed by atoms with E-state index in [9.17, 15) is 9.59 Å². The third kappa shape index (κ3) is 4.38. The number of ketones is 1. The van der Waals surface area contributed by atoms with E-state index < -0.39 is 5.97 Å². The predicted molar refractivity (Wildman–Crippen MR) is 117 cm³/mol. The van der Waals surface area contributed by atoms with Gasteiger partial charge in [-0.2, -0.15) is 5.10 Å². The minimum absolute atomic E-state index is 0.0939. The number of carbonyl (C=O) groups is 2.